The Morgan fingerprint density at radius 1 is 1.27 bits per heavy atom. The molecular formula is C15H17N5O2. The van der Waals surface area contributed by atoms with E-state index < -0.39 is 0 Å². The number of ether oxygens (including phenoxy) is 1. The quantitative estimate of drug-likeness (QED) is 0.837. The number of aromatic nitrogens is 4. The molecule has 2 saturated heterocycles. The minimum absolute atomic E-state index is 0.0742. The first kappa shape index (κ1) is 13.4. The molecule has 0 bridgehead atoms. The summed E-state index contributed by atoms with van der Waals surface area (Å²) in [5, 5.41) is 11.1. The third kappa shape index (κ3) is 2.37. The average Bonchev–Trinajstić information content (AvgIpc) is 3.19. The molecule has 4 rings (SSSR count). The highest BCUT2D eigenvalue weighted by Gasteiger charge is 2.37. The van der Waals surface area contributed by atoms with Crippen molar-refractivity contribution in [3.05, 3.63) is 36.2 Å². The molecule has 114 valence electrons. The van der Waals surface area contributed by atoms with Gasteiger partial charge in [-0.15, -0.1) is 5.10 Å². The van der Waals surface area contributed by atoms with Crippen LogP contribution in [0.25, 0.3) is 5.69 Å². The van der Waals surface area contributed by atoms with E-state index in [2.05, 4.69) is 15.5 Å². The van der Waals surface area contributed by atoms with Crippen LogP contribution in [0.1, 0.15) is 16.8 Å². The molecule has 0 radical (unpaired) electrons. The van der Waals surface area contributed by atoms with Gasteiger partial charge in [-0.3, -0.25) is 4.79 Å². The van der Waals surface area contributed by atoms with Gasteiger partial charge in [0.1, 0.15) is 6.33 Å². The Balaban J connectivity index is 1.44. The number of likely N-dealkylation sites (tertiary alicyclic amines) is 1. The number of rotatable bonds is 3. The van der Waals surface area contributed by atoms with Crippen molar-refractivity contribution in [1.29, 1.82) is 0 Å². The Hall–Kier alpha value is -2.28. The van der Waals surface area contributed by atoms with Crippen molar-refractivity contribution in [2.24, 2.45) is 11.8 Å². The van der Waals surface area contributed by atoms with E-state index in [1.54, 1.807) is 4.68 Å². The smallest absolute Gasteiger partial charge is 0.253 e. The largest absolute Gasteiger partial charge is 0.381 e. The van der Waals surface area contributed by atoms with Crippen molar-refractivity contribution in [2.75, 3.05) is 26.3 Å². The molecule has 0 N–H and O–H groups in total. The number of tetrazole rings is 1. The van der Waals surface area contributed by atoms with Crippen molar-refractivity contribution in [3.8, 4) is 5.69 Å². The molecular weight excluding hydrogens is 282 g/mol. The zero-order chi connectivity index (χ0) is 14.9. The van der Waals surface area contributed by atoms with E-state index in [4.69, 9.17) is 4.74 Å². The van der Waals surface area contributed by atoms with Gasteiger partial charge in [0, 0.05) is 31.9 Å². The molecule has 3 heterocycles. The molecule has 1 aromatic carbocycles. The SMILES string of the molecule is O=C(c1cccc(-n2cnnn2)c1)N1CC(C2CCOC2)C1. The lowest BCUT2D eigenvalue weighted by Crippen LogP contribution is -2.52. The number of amides is 1. The summed E-state index contributed by atoms with van der Waals surface area (Å²) >= 11 is 0. The third-order valence-electron chi connectivity index (χ3n) is 4.54. The molecule has 1 unspecified atom stereocenters. The first-order valence-electron chi connectivity index (χ1n) is 7.52. The summed E-state index contributed by atoms with van der Waals surface area (Å²) in [7, 11) is 0. The van der Waals surface area contributed by atoms with Gasteiger partial charge in [0.05, 0.1) is 5.69 Å². The van der Waals surface area contributed by atoms with Crippen molar-refractivity contribution in [2.45, 2.75) is 6.42 Å². The Labute approximate surface area is 127 Å². The van der Waals surface area contributed by atoms with E-state index in [1.807, 2.05) is 29.2 Å². The maximum atomic E-state index is 12.5. The molecule has 7 nitrogen and oxygen atoms in total. The summed E-state index contributed by atoms with van der Waals surface area (Å²) in [4.78, 5) is 14.4. The fourth-order valence-electron chi connectivity index (χ4n) is 3.14. The van der Waals surface area contributed by atoms with E-state index in [-0.39, 0.29) is 5.91 Å². The fourth-order valence-corrected chi connectivity index (χ4v) is 3.14. The molecule has 0 saturated carbocycles. The molecule has 1 atom stereocenters. The van der Waals surface area contributed by atoms with Crippen LogP contribution in [0.15, 0.2) is 30.6 Å². The van der Waals surface area contributed by atoms with Crippen LogP contribution in [0.4, 0.5) is 0 Å². The first-order chi connectivity index (χ1) is 10.8. The van der Waals surface area contributed by atoms with Crippen LogP contribution < -0.4 is 0 Å². The van der Waals surface area contributed by atoms with Crippen LogP contribution in [0.2, 0.25) is 0 Å². The number of carbonyl (C=O) groups is 1. The maximum Gasteiger partial charge on any atom is 0.253 e. The van der Waals surface area contributed by atoms with E-state index >= 15 is 0 Å². The van der Waals surface area contributed by atoms with Crippen LogP contribution in [-0.2, 0) is 4.74 Å². The number of nitrogens with zero attached hydrogens (tertiary/aromatic N) is 5. The minimum Gasteiger partial charge on any atom is -0.381 e. The van der Waals surface area contributed by atoms with Gasteiger partial charge in [-0.05, 0) is 46.9 Å². The van der Waals surface area contributed by atoms with Gasteiger partial charge in [-0.25, -0.2) is 4.68 Å². The van der Waals surface area contributed by atoms with Crippen LogP contribution in [-0.4, -0.2) is 57.3 Å². The fraction of sp³-hybridized carbons (Fsp3) is 0.467. The van der Waals surface area contributed by atoms with Crippen LogP contribution in [0, 0.1) is 11.8 Å². The highest BCUT2D eigenvalue weighted by molar-refractivity contribution is 5.95. The average molecular weight is 299 g/mol. The molecule has 2 aromatic rings. The topological polar surface area (TPSA) is 73.1 Å². The molecule has 22 heavy (non-hydrogen) atoms. The van der Waals surface area contributed by atoms with E-state index in [0.717, 1.165) is 38.4 Å². The summed E-state index contributed by atoms with van der Waals surface area (Å²) < 4.78 is 6.97. The summed E-state index contributed by atoms with van der Waals surface area (Å²) in [6.45, 7) is 3.38. The van der Waals surface area contributed by atoms with Gasteiger partial charge in [-0.2, -0.15) is 0 Å². The van der Waals surface area contributed by atoms with Gasteiger partial charge in [0.15, 0.2) is 0 Å². The van der Waals surface area contributed by atoms with Crippen molar-refractivity contribution in [3.63, 3.8) is 0 Å². The van der Waals surface area contributed by atoms with Gasteiger partial charge in [0.25, 0.3) is 5.91 Å². The van der Waals surface area contributed by atoms with Gasteiger partial charge in [0.2, 0.25) is 0 Å². The van der Waals surface area contributed by atoms with E-state index in [0.29, 0.717) is 17.4 Å². The molecule has 1 aromatic heterocycles. The van der Waals surface area contributed by atoms with Crippen LogP contribution in [0.3, 0.4) is 0 Å². The summed E-state index contributed by atoms with van der Waals surface area (Å²) in [6, 6.07) is 7.39. The Kier molecular flexibility index (Phi) is 3.34. The predicted molar refractivity (Wildman–Crippen MR) is 77.5 cm³/mol. The number of hydrogen-bond donors (Lipinski definition) is 0. The van der Waals surface area contributed by atoms with Crippen molar-refractivity contribution < 1.29 is 9.53 Å². The summed E-state index contributed by atoms with van der Waals surface area (Å²) in [5.41, 5.74) is 1.46. The highest BCUT2D eigenvalue weighted by atomic mass is 16.5. The van der Waals surface area contributed by atoms with Gasteiger partial charge in [-0.1, -0.05) is 6.07 Å². The summed E-state index contributed by atoms with van der Waals surface area (Å²) in [6.07, 6.45) is 2.64. The lowest BCUT2D eigenvalue weighted by molar-refractivity contribution is 0.0342. The summed E-state index contributed by atoms with van der Waals surface area (Å²) in [5.74, 6) is 1.29. The molecule has 2 aliphatic heterocycles. The minimum atomic E-state index is 0.0742. The molecule has 0 spiro atoms. The van der Waals surface area contributed by atoms with E-state index in [9.17, 15) is 4.79 Å². The number of carbonyl (C=O) groups excluding carboxylic acids is 1. The lowest BCUT2D eigenvalue weighted by Gasteiger charge is -2.42. The maximum absolute atomic E-state index is 12.5. The highest BCUT2D eigenvalue weighted by Crippen LogP contribution is 2.30. The second-order valence-corrected chi connectivity index (χ2v) is 5.90. The lowest BCUT2D eigenvalue weighted by atomic mass is 9.85. The standard InChI is InChI=1S/C15H17N5O2/c21-15(19-7-13(8-19)12-4-5-22-9-12)11-2-1-3-14(6-11)20-10-16-17-18-20/h1-3,6,10,12-13H,4-5,7-9H2. The zero-order valence-electron chi connectivity index (χ0n) is 12.1. The Morgan fingerprint density at radius 2 is 2.18 bits per heavy atom. The molecule has 7 heteroatoms. The monoisotopic (exact) mass is 299 g/mol. The molecule has 2 aliphatic rings. The van der Waals surface area contributed by atoms with E-state index in [1.165, 1.54) is 6.33 Å². The molecule has 2 fully saturated rings. The second-order valence-electron chi connectivity index (χ2n) is 5.90. The number of benzene rings is 1. The Morgan fingerprint density at radius 3 is 2.91 bits per heavy atom. The van der Waals surface area contributed by atoms with Crippen LogP contribution in [0.5, 0.6) is 0 Å². The number of hydrogen-bond acceptors (Lipinski definition) is 5. The molecule has 0 aliphatic carbocycles. The normalized spacial score (nSPS) is 21.8. The zero-order valence-corrected chi connectivity index (χ0v) is 12.1. The third-order valence-corrected chi connectivity index (χ3v) is 4.54. The first-order valence-corrected chi connectivity index (χ1v) is 7.52. The van der Waals surface area contributed by atoms with Crippen molar-refractivity contribution in [1.82, 2.24) is 25.1 Å². The van der Waals surface area contributed by atoms with Gasteiger partial charge >= 0.3 is 0 Å². The predicted octanol–water partition coefficient (Wildman–Crippen LogP) is 0.771. The Bertz CT molecular complexity index is 660. The van der Waals surface area contributed by atoms with Crippen molar-refractivity contribution >= 4 is 5.91 Å². The van der Waals surface area contributed by atoms with Gasteiger partial charge < -0.3 is 9.64 Å². The van der Waals surface area contributed by atoms with Crippen LogP contribution >= 0.6 is 0 Å². The molecule has 1 amide bonds. The second kappa shape index (κ2) is 5.49.